The van der Waals surface area contributed by atoms with Gasteiger partial charge in [-0.1, -0.05) is 19.9 Å². The first-order chi connectivity index (χ1) is 12.8. The number of hydrogen-bond acceptors (Lipinski definition) is 4. The molecule has 2 aromatic rings. The fraction of sp³-hybridized carbons (Fsp3) is 0.250. The molecule has 0 aromatic heterocycles. The maximum atomic E-state index is 12.1. The van der Waals surface area contributed by atoms with E-state index < -0.39 is 0 Å². The molecule has 0 atom stereocenters. The Morgan fingerprint density at radius 2 is 1.41 bits per heavy atom. The van der Waals surface area contributed by atoms with Gasteiger partial charge in [-0.15, -0.1) is 0 Å². The van der Waals surface area contributed by atoms with Crippen LogP contribution in [0, 0.1) is 5.92 Å². The van der Waals surface area contributed by atoms with Crippen molar-refractivity contribution in [2.45, 2.75) is 20.8 Å². The molecule has 0 heterocycles. The summed E-state index contributed by atoms with van der Waals surface area (Å²) in [5.41, 5.74) is 2.70. The number of hydrogen-bond donors (Lipinski definition) is 4. The van der Waals surface area contributed by atoms with E-state index >= 15 is 0 Å². The summed E-state index contributed by atoms with van der Waals surface area (Å²) in [5.74, 6) is -0.520. The highest BCUT2D eigenvalue weighted by molar-refractivity contribution is 5.95. The maximum absolute atomic E-state index is 12.1. The van der Waals surface area contributed by atoms with Crippen LogP contribution in [0.1, 0.15) is 20.8 Å². The Morgan fingerprint density at radius 1 is 0.815 bits per heavy atom. The summed E-state index contributed by atoms with van der Waals surface area (Å²) in [6.07, 6.45) is 0. The van der Waals surface area contributed by atoms with Crippen LogP contribution in [0.25, 0.3) is 0 Å². The lowest BCUT2D eigenvalue weighted by molar-refractivity contribution is -0.119. The van der Waals surface area contributed by atoms with Crippen molar-refractivity contribution in [3.05, 3.63) is 48.5 Å². The minimum atomic E-state index is -0.209. The molecule has 142 valence electrons. The monoisotopic (exact) mass is 368 g/mol. The van der Waals surface area contributed by atoms with Crippen LogP contribution < -0.4 is 21.3 Å². The molecule has 0 aliphatic carbocycles. The highest BCUT2D eigenvalue weighted by atomic mass is 16.2. The predicted octanol–water partition coefficient (Wildman–Crippen LogP) is 3.29. The number of anilines is 4. The Bertz CT molecular complexity index is 816. The SMILES string of the molecule is CC(=O)Nc1cccc(NCC(=O)Nc2ccc(NC(=O)C(C)C)cc2)c1. The first-order valence-corrected chi connectivity index (χ1v) is 8.66. The van der Waals surface area contributed by atoms with Gasteiger partial charge in [0.15, 0.2) is 0 Å². The van der Waals surface area contributed by atoms with Crippen molar-refractivity contribution in [2.24, 2.45) is 5.92 Å². The van der Waals surface area contributed by atoms with E-state index in [1.54, 1.807) is 42.5 Å². The quantitative estimate of drug-likeness (QED) is 0.603. The van der Waals surface area contributed by atoms with E-state index in [0.717, 1.165) is 5.69 Å². The van der Waals surface area contributed by atoms with E-state index in [9.17, 15) is 14.4 Å². The molecule has 0 aliphatic rings. The topological polar surface area (TPSA) is 99.3 Å². The molecule has 0 unspecified atom stereocenters. The first-order valence-electron chi connectivity index (χ1n) is 8.66. The van der Waals surface area contributed by atoms with Crippen LogP contribution in [0.3, 0.4) is 0 Å². The van der Waals surface area contributed by atoms with E-state index in [4.69, 9.17) is 0 Å². The number of carbonyl (C=O) groups is 3. The molecule has 0 aliphatic heterocycles. The highest BCUT2D eigenvalue weighted by Crippen LogP contribution is 2.16. The zero-order valence-corrected chi connectivity index (χ0v) is 15.6. The Kier molecular flexibility index (Phi) is 6.93. The summed E-state index contributed by atoms with van der Waals surface area (Å²) in [7, 11) is 0. The van der Waals surface area contributed by atoms with Crippen LogP contribution in [0.2, 0.25) is 0 Å². The minimum Gasteiger partial charge on any atom is -0.376 e. The molecular formula is C20H24N4O3. The lowest BCUT2D eigenvalue weighted by atomic mass is 10.2. The van der Waals surface area contributed by atoms with Gasteiger partial charge in [-0.25, -0.2) is 0 Å². The molecule has 4 N–H and O–H groups in total. The van der Waals surface area contributed by atoms with Crippen molar-refractivity contribution >= 4 is 40.5 Å². The number of nitrogens with one attached hydrogen (secondary N) is 4. The number of rotatable bonds is 7. The number of amides is 3. The Balaban J connectivity index is 1.85. The molecule has 2 aromatic carbocycles. The van der Waals surface area contributed by atoms with E-state index in [1.165, 1.54) is 6.92 Å². The van der Waals surface area contributed by atoms with Crippen LogP contribution in [-0.4, -0.2) is 24.3 Å². The Labute approximate surface area is 158 Å². The fourth-order valence-electron chi connectivity index (χ4n) is 2.22. The molecule has 0 spiro atoms. The lowest BCUT2D eigenvalue weighted by Crippen LogP contribution is -2.22. The fourth-order valence-corrected chi connectivity index (χ4v) is 2.22. The molecule has 0 saturated carbocycles. The summed E-state index contributed by atoms with van der Waals surface area (Å²) in [6.45, 7) is 5.16. The van der Waals surface area contributed by atoms with Gasteiger partial charge in [0.1, 0.15) is 0 Å². The normalized spacial score (nSPS) is 10.2. The van der Waals surface area contributed by atoms with Crippen molar-refractivity contribution < 1.29 is 14.4 Å². The molecule has 27 heavy (non-hydrogen) atoms. The van der Waals surface area contributed by atoms with Crippen molar-refractivity contribution in [3.63, 3.8) is 0 Å². The van der Waals surface area contributed by atoms with Crippen LogP contribution in [0.15, 0.2) is 48.5 Å². The average molecular weight is 368 g/mol. The zero-order chi connectivity index (χ0) is 19.8. The third kappa shape index (κ3) is 6.81. The van der Waals surface area contributed by atoms with E-state index in [0.29, 0.717) is 17.1 Å². The summed E-state index contributed by atoms with van der Waals surface area (Å²) >= 11 is 0. The Morgan fingerprint density at radius 3 is 2.00 bits per heavy atom. The smallest absolute Gasteiger partial charge is 0.243 e. The van der Waals surface area contributed by atoms with Crippen molar-refractivity contribution in [2.75, 3.05) is 27.8 Å². The molecule has 2 rings (SSSR count). The van der Waals surface area contributed by atoms with Gasteiger partial charge in [-0.3, -0.25) is 14.4 Å². The second-order valence-electron chi connectivity index (χ2n) is 6.39. The second-order valence-corrected chi connectivity index (χ2v) is 6.39. The summed E-state index contributed by atoms with van der Waals surface area (Å²) in [4.78, 5) is 34.8. The van der Waals surface area contributed by atoms with Gasteiger partial charge >= 0.3 is 0 Å². The lowest BCUT2D eigenvalue weighted by Gasteiger charge is -2.11. The van der Waals surface area contributed by atoms with Gasteiger partial charge in [0, 0.05) is 35.6 Å². The van der Waals surface area contributed by atoms with Crippen LogP contribution in [0.4, 0.5) is 22.7 Å². The Hall–Kier alpha value is -3.35. The van der Waals surface area contributed by atoms with Gasteiger partial charge in [0.2, 0.25) is 17.7 Å². The third-order valence-electron chi connectivity index (χ3n) is 3.60. The van der Waals surface area contributed by atoms with Gasteiger partial charge in [0.25, 0.3) is 0 Å². The molecule has 0 bridgehead atoms. The summed E-state index contributed by atoms with van der Waals surface area (Å²) in [6, 6.07) is 14.0. The van der Waals surface area contributed by atoms with Crippen LogP contribution >= 0.6 is 0 Å². The summed E-state index contributed by atoms with van der Waals surface area (Å²) < 4.78 is 0. The predicted molar refractivity (Wildman–Crippen MR) is 108 cm³/mol. The largest absolute Gasteiger partial charge is 0.376 e. The summed E-state index contributed by atoms with van der Waals surface area (Å²) in [5, 5.41) is 11.3. The standard InChI is InChI=1S/C20H24N4O3/c1-13(2)20(27)24-16-9-7-15(8-10-16)23-19(26)12-21-17-5-4-6-18(11-17)22-14(3)25/h4-11,13,21H,12H2,1-3H3,(H,22,25)(H,23,26)(H,24,27). The molecule has 0 radical (unpaired) electrons. The molecule has 7 heteroatoms. The number of benzene rings is 2. The molecule has 0 fully saturated rings. The van der Waals surface area contributed by atoms with Crippen LogP contribution in [-0.2, 0) is 14.4 Å². The highest BCUT2D eigenvalue weighted by Gasteiger charge is 2.07. The molecule has 3 amide bonds. The van der Waals surface area contributed by atoms with Crippen molar-refractivity contribution in [1.29, 1.82) is 0 Å². The van der Waals surface area contributed by atoms with Crippen LogP contribution in [0.5, 0.6) is 0 Å². The van der Waals surface area contributed by atoms with Crippen molar-refractivity contribution in [1.82, 2.24) is 0 Å². The second kappa shape index (κ2) is 9.38. The number of carbonyl (C=O) groups excluding carboxylic acids is 3. The van der Waals surface area contributed by atoms with E-state index in [-0.39, 0.29) is 30.2 Å². The average Bonchev–Trinajstić information content (AvgIpc) is 2.61. The molecule has 7 nitrogen and oxygen atoms in total. The van der Waals surface area contributed by atoms with E-state index in [1.807, 2.05) is 19.9 Å². The first kappa shape index (κ1) is 20.0. The maximum Gasteiger partial charge on any atom is 0.243 e. The molecular weight excluding hydrogens is 344 g/mol. The van der Waals surface area contributed by atoms with Gasteiger partial charge in [-0.05, 0) is 42.5 Å². The van der Waals surface area contributed by atoms with Crippen molar-refractivity contribution in [3.8, 4) is 0 Å². The molecule has 0 saturated heterocycles. The third-order valence-corrected chi connectivity index (χ3v) is 3.60. The minimum absolute atomic E-state index is 0.0579. The van der Waals surface area contributed by atoms with Gasteiger partial charge < -0.3 is 21.3 Å². The van der Waals surface area contributed by atoms with E-state index in [2.05, 4.69) is 21.3 Å². The van der Waals surface area contributed by atoms with Gasteiger partial charge in [0.05, 0.1) is 6.54 Å². The van der Waals surface area contributed by atoms with Gasteiger partial charge in [-0.2, -0.15) is 0 Å². The zero-order valence-electron chi connectivity index (χ0n) is 15.6.